The van der Waals surface area contributed by atoms with E-state index in [0.29, 0.717) is 5.56 Å². The number of benzene rings is 2. The van der Waals surface area contributed by atoms with Gasteiger partial charge in [0, 0.05) is 4.90 Å². The van der Waals surface area contributed by atoms with Crippen molar-refractivity contribution in [2.24, 2.45) is 0 Å². The standard InChI is InChI=1S/C23H24Cl3NO7S/c1-13-7-9-15(10-8-13)35-21-17(27-22(31)33-12-23(24,25)26)19(29)18(28)16(34-21)11-32-20(30)14-5-3-2-4-6-14/h2-10,16-19,21,28-29H,11-12H2,1H3,(H,27,31)/t16-,17-,18-,19-,21+/m1/s1. The van der Waals surface area contributed by atoms with E-state index in [2.05, 4.69) is 5.32 Å². The van der Waals surface area contributed by atoms with Crippen LogP contribution in [0.15, 0.2) is 59.5 Å². The van der Waals surface area contributed by atoms with Crippen molar-refractivity contribution in [3.05, 3.63) is 65.7 Å². The molecule has 0 unspecified atom stereocenters. The van der Waals surface area contributed by atoms with E-state index < -0.39 is 52.3 Å². The minimum Gasteiger partial charge on any atom is -0.459 e. The Morgan fingerprint density at radius 2 is 1.69 bits per heavy atom. The monoisotopic (exact) mass is 563 g/mol. The molecule has 1 fully saturated rings. The van der Waals surface area contributed by atoms with Crippen molar-refractivity contribution in [1.29, 1.82) is 0 Å². The Hall–Kier alpha value is -1.72. The lowest BCUT2D eigenvalue weighted by Crippen LogP contribution is -2.63. The summed E-state index contributed by atoms with van der Waals surface area (Å²) < 4.78 is 14.3. The molecule has 1 aliphatic heterocycles. The van der Waals surface area contributed by atoms with Gasteiger partial charge in [0.15, 0.2) is 0 Å². The lowest BCUT2D eigenvalue weighted by Gasteiger charge is -2.42. The van der Waals surface area contributed by atoms with Gasteiger partial charge < -0.3 is 29.7 Å². The van der Waals surface area contributed by atoms with Gasteiger partial charge in [0.05, 0.1) is 11.6 Å². The number of carbonyl (C=O) groups excluding carboxylic acids is 2. The van der Waals surface area contributed by atoms with Gasteiger partial charge in [0.2, 0.25) is 3.79 Å². The molecule has 0 aromatic heterocycles. The summed E-state index contributed by atoms with van der Waals surface area (Å²) in [5, 5.41) is 23.9. The normalized spacial score (nSPS) is 24.5. The van der Waals surface area contributed by atoms with Gasteiger partial charge in [0.25, 0.3) is 0 Å². The second-order valence-corrected chi connectivity index (χ2v) is 11.5. The smallest absolute Gasteiger partial charge is 0.407 e. The van der Waals surface area contributed by atoms with Crippen LogP contribution in [0.2, 0.25) is 0 Å². The van der Waals surface area contributed by atoms with Crippen LogP contribution in [0, 0.1) is 6.92 Å². The Morgan fingerprint density at radius 3 is 2.31 bits per heavy atom. The second-order valence-electron chi connectivity index (χ2n) is 7.78. The number of esters is 1. The predicted molar refractivity (Wildman–Crippen MR) is 133 cm³/mol. The first-order valence-electron chi connectivity index (χ1n) is 10.5. The summed E-state index contributed by atoms with van der Waals surface area (Å²) >= 11 is 18.0. The summed E-state index contributed by atoms with van der Waals surface area (Å²) in [4.78, 5) is 25.4. The number of halogens is 3. The molecule has 8 nitrogen and oxygen atoms in total. The third-order valence-corrected chi connectivity index (χ3v) is 6.52. The summed E-state index contributed by atoms with van der Waals surface area (Å²) in [5.41, 5.74) is 0.502. The molecule has 1 heterocycles. The number of alkyl carbamates (subject to hydrolysis) is 1. The number of aliphatic hydroxyl groups excluding tert-OH is 2. The zero-order valence-electron chi connectivity index (χ0n) is 18.5. The molecule has 0 radical (unpaired) electrons. The van der Waals surface area contributed by atoms with E-state index in [0.717, 1.165) is 10.5 Å². The molecule has 190 valence electrons. The number of ether oxygens (including phenoxy) is 3. The van der Waals surface area contributed by atoms with Gasteiger partial charge in [-0.1, -0.05) is 82.5 Å². The maximum Gasteiger partial charge on any atom is 0.407 e. The average Bonchev–Trinajstić information content (AvgIpc) is 2.82. The Kier molecular flexibility index (Phi) is 9.94. The number of hydrogen-bond donors (Lipinski definition) is 3. The van der Waals surface area contributed by atoms with E-state index in [4.69, 9.17) is 49.0 Å². The van der Waals surface area contributed by atoms with Gasteiger partial charge in [-0.3, -0.25) is 0 Å². The zero-order valence-corrected chi connectivity index (χ0v) is 21.6. The van der Waals surface area contributed by atoms with Crippen LogP contribution in [0.4, 0.5) is 4.79 Å². The highest BCUT2D eigenvalue weighted by atomic mass is 35.6. The summed E-state index contributed by atoms with van der Waals surface area (Å²) in [7, 11) is 0. The van der Waals surface area contributed by atoms with Crippen molar-refractivity contribution >= 4 is 58.6 Å². The number of aliphatic hydroxyl groups is 2. The predicted octanol–water partition coefficient (Wildman–Crippen LogP) is 3.86. The molecule has 12 heteroatoms. The van der Waals surface area contributed by atoms with E-state index >= 15 is 0 Å². The van der Waals surface area contributed by atoms with E-state index in [-0.39, 0.29) is 6.61 Å². The summed E-state index contributed by atoms with van der Waals surface area (Å²) in [6.07, 6.45) is -4.99. The molecular formula is C23H24Cl3NO7S. The minimum absolute atomic E-state index is 0.318. The largest absolute Gasteiger partial charge is 0.459 e. The van der Waals surface area contributed by atoms with Crippen LogP contribution in [0.3, 0.4) is 0 Å². The Balaban J connectivity index is 1.72. The minimum atomic E-state index is -1.82. The molecule has 0 saturated carbocycles. The highest BCUT2D eigenvalue weighted by molar-refractivity contribution is 7.99. The van der Waals surface area contributed by atoms with Gasteiger partial charge in [-0.15, -0.1) is 0 Å². The first-order valence-corrected chi connectivity index (χ1v) is 12.5. The van der Waals surface area contributed by atoms with Gasteiger partial charge in [-0.25, -0.2) is 9.59 Å². The number of carbonyl (C=O) groups is 2. The maximum absolute atomic E-state index is 12.3. The fourth-order valence-electron chi connectivity index (χ4n) is 3.21. The van der Waals surface area contributed by atoms with Crippen molar-refractivity contribution in [3.8, 4) is 0 Å². The number of hydrogen-bond acceptors (Lipinski definition) is 8. The van der Waals surface area contributed by atoms with Crippen LogP contribution in [-0.2, 0) is 14.2 Å². The van der Waals surface area contributed by atoms with E-state index in [1.807, 2.05) is 31.2 Å². The fourth-order valence-corrected chi connectivity index (χ4v) is 4.51. The molecule has 3 N–H and O–H groups in total. The third-order valence-electron chi connectivity index (χ3n) is 5.01. The molecule has 2 aromatic carbocycles. The Morgan fingerprint density at radius 1 is 1.03 bits per heavy atom. The van der Waals surface area contributed by atoms with Crippen molar-refractivity contribution in [1.82, 2.24) is 5.32 Å². The lowest BCUT2D eigenvalue weighted by molar-refractivity contribution is -0.170. The molecule has 1 aliphatic rings. The number of aryl methyl sites for hydroxylation is 1. The molecule has 0 bridgehead atoms. The van der Waals surface area contributed by atoms with E-state index in [1.165, 1.54) is 11.8 Å². The van der Waals surface area contributed by atoms with E-state index in [1.54, 1.807) is 30.3 Å². The van der Waals surface area contributed by atoms with Crippen LogP contribution in [-0.4, -0.2) is 69.1 Å². The third kappa shape index (κ3) is 8.42. The summed E-state index contributed by atoms with van der Waals surface area (Å²) in [5.74, 6) is -0.603. The second kappa shape index (κ2) is 12.5. The number of thioether (sulfide) groups is 1. The number of alkyl halides is 3. The first kappa shape index (κ1) is 27.9. The molecular weight excluding hydrogens is 541 g/mol. The fraction of sp³-hybridized carbons (Fsp3) is 0.391. The molecule has 0 aliphatic carbocycles. The molecule has 0 spiro atoms. The number of rotatable bonds is 7. The lowest BCUT2D eigenvalue weighted by atomic mass is 9.98. The molecule has 2 aromatic rings. The highest BCUT2D eigenvalue weighted by Crippen LogP contribution is 2.34. The van der Waals surface area contributed by atoms with E-state index in [9.17, 15) is 19.8 Å². The topological polar surface area (TPSA) is 114 Å². The SMILES string of the molecule is Cc1ccc(S[C@@H]2O[C@H](COC(=O)c3ccccc3)[C@@H](O)[C@H](O)[C@H]2NC(=O)OCC(Cl)(Cl)Cl)cc1. The van der Waals surface area contributed by atoms with Crippen LogP contribution < -0.4 is 5.32 Å². The first-order chi connectivity index (χ1) is 16.5. The van der Waals surface area contributed by atoms with Gasteiger partial charge in [-0.05, 0) is 31.2 Å². The number of amides is 1. The molecule has 5 atom stereocenters. The van der Waals surface area contributed by atoms with Gasteiger partial charge in [0.1, 0.15) is 37.0 Å². The quantitative estimate of drug-likeness (QED) is 0.343. The highest BCUT2D eigenvalue weighted by Gasteiger charge is 2.46. The molecule has 1 saturated heterocycles. The van der Waals surface area contributed by atoms with Gasteiger partial charge >= 0.3 is 12.1 Å². The van der Waals surface area contributed by atoms with Crippen molar-refractivity contribution in [3.63, 3.8) is 0 Å². The van der Waals surface area contributed by atoms with Crippen molar-refractivity contribution in [2.45, 2.75) is 45.4 Å². The van der Waals surface area contributed by atoms with Crippen molar-refractivity contribution < 1.29 is 34.0 Å². The Labute approximate surface area is 221 Å². The average molecular weight is 565 g/mol. The molecule has 1 amide bonds. The summed E-state index contributed by atoms with van der Waals surface area (Å²) in [6, 6.07) is 14.7. The van der Waals surface area contributed by atoms with Gasteiger partial charge in [-0.2, -0.15) is 0 Å². The summed E-state index contributed by atoms with van der Waals surface area (Å²) in [6.45, 7) is 1.10. The van der Waals surface area contributed by atoms with Crippen LogP contribution in [0.1, 0.15) is 15.9 Å². The zero-order chi connectivity index (χ0) is 25.6. The maximum atomic E-state index is 12.3. The molecule has 3 rings (SSSR count). The number of nitrogens with one attached hydrogen (secondary N) is 1. The van der Waals surface area contributed by atoms with Crippen LogP contribution in [0.5, 0.6) is 0 Å². The molecule has 35 heavy (non-hydrogen) atoms. The Bertz CT molecular complexity index is 991. The van der Waals surface area contributed by atoms with Crippen LogP contribution in [0.25, 0.3) is 0 Å². The van der Waals surface area contributed by atoms with Crippen LogP contribution >= 0.6 is 46.6 Å². The van der Waals surface area contributed by atoms with Crippen molar-refractivity contribution in [2.75, 3.05) is 13.2 Å².